The van der Waals surface area contributed by atoms with Gasteiger partial charge in [0.2, 0.25) is 0 Å². The Balaban J connectivity index is 0.00000300. The highest BCUT2D eigenvalue weighted by molar-refractivity contribution is 14.0. The Bertz CT molecular complexity index is 616. The molecule has 7 heteroatoms. The van der Waals surface area contributed by atoms with E-state index in [-0.39, 0.29) is 29.8 Å². The zero-order valence-corrected chi connectivity index (χ0v) is 20.2. The quantitative estimate of drug-likeness (QED) is 0.346. The van der Waals surface area contributed by atoms with E-state index in [9.17, 15) is 4.39 Å². The van der Waals surface area contributed by atoms with Crippen molar-refractivity contribution in [3.05, 3.63) is 35.6 Å². The molecule has 0 aliphatic carbocycles. The third-order valence-corrected chi connectivity index (χ3v) is 5.82. The Hall–Kier alpha value is -0.930. The number of guanidine groups is 1. The zero-order valence-electron chi connectivity index (χ0n) is 17.9. The number of piperidine rings is 2. The molecule has 1 aromatic carbocycles. The van der Waals surface area contributed by atoms with Crippen molar-refractivity contribution in [2.45, 2.75) is 45.2 Å². The summed E-state index contributed by atoms with van der Waals surface area (Å²) in [6, 6.07) is 7.34. The summed E-state index contributed by atoms with van der Waals surface area (Å²) in [5, 5.41) is 7.06. The minimum absolute atomic E-state index is 0. The summed E-state index contributed by atoms with van der Waals surface area (Å²) in [6.07, 6.45) is 4.79. The molecule has 1 unspecified atom stereocenters. The number of hydrogen-bond donors (Lipinski definition) is 2. The number of benzene rings is 1. The van der Waals surface area contributed by atoms with Gasteiger partial charge in [0.25, 0.3) is 0 Å². The number of halogens is 2. The van der Waals surface area contributed by atoms with Crippen LogP contribution in [-0.4, -0.2) is 68.1 Å². The maximum Gasteiger partial charge on any atom is 0.191 e. The second-order valence-corrected chi connectivity index (χ2v) is 8.31. The highest BCUT2D eigenvalue weighted by Gasteiger charge is 2.21. The van der Waals surface area contributed by atoms with Gasteiger partial charge in [-0.3, -0.25) is 9.89 Å². The van der Waals surface area contributed by atoms with Crippen LogP contribution in [0.3, 0.4) is 0 Å². The lowest BCUT2D eigenvalue weighted by Crippen LogP contribution is -2.48. The van der Waals surface area contributed by atoms with Crippen LogP contribution in [0, 0.1) is 11.7 Å². The molecule has 2 saturated heterocycles. The Morgan fingerprint density at radius 2 is 1.86 bits per heavy atom. The van der Waals surface area contributed by atoms with E-state index >= 15 is 0 Å². The summed E-state index contributed by atoms with van der Waals surface area (Å²) in [5.41, 5.74) is 1.18. The van der Waals surface area contributed by atoms with Crippen LogP contribution in [0.4, 0.5) is 4.39 Å². The van der Waals surface area contributed by atoms with Crippen LogP contribution in [0.5, 0.6) is 0 Å². The summed E-state index contributed by atoms with van der Waals surface area (Å²) < 4.78 is 13.1. The fourth-order valence-electron chi connectivity index (χ4n) is 4.24. The summed E-state index contributed by atoms with van der Waals surface area (Å²) in [5.74, 6) is 1.47. The van der Waals surface area contributed by atoms with E-state index < -0.39 is 0 Å². The van der Waals surface area contributed by atoms with Crippen LogP contribution in [0.2, 0.25) is 0 Å². The molecule has 0 radical (unpaired) electrons. The fraction of sp³-hybridized carbons (Fsp3) is 0.682. The van der Waals surface area contributed by atoms with E-state index in [1.54, 1.807) is 12.1 Å². The van der Waals surface area contributed by atoms with Gasteiger partial charge in [0.05, 0.1) is 0 Å². The summed E-state index contributed by atoms with van der Waals surface area (Å²) in [6.45, 7) is 9.31. The predicted octanol–water partition coefficient (Wildman–Crippen LogP) is 3.31. The minimum atomic E-state index is -0.165. The van der Waals surface area contributed by atoms with Crippen molar-refractivity contribution >= 4 is 29.9 Å². The molecule has 0 aromatic heterocycles. The lowest BCUT2D eigenvalue weighted by molar-refractivity contribution is 0.198. The first-order chi connectivity index (χ1) is 13.6. The monoisotopic (exact) mass is 517 g/mol. The molecule has 0 spiro atoms. The molecule has 164 valence electrons. The van der Waals surface area contributed by atoms with Gasteiger partial charge in [-0.1, -0.05) is 12.1 Å². The van der Waals surface area contributed by atoms with Crippen LogP contribution in [0.15, 0.2) is 29.3 Å². The molecule has 0 amide bonds. The number of likely N-dealkylation sites (tertiary alicyclic amines) is 2. The van der Waals surface area contributed by atoms with Crippen LogP contribution < -0.4 is 10.6 Å². The predicted molar refractivity (Wildman–Crippen MR) is 129 cm³/mol. The number of rotatable bonds is 6. The van der Waals surface area contributed by atoms with E-state index in [1.807, 2.05) is 12.1 Å². The number of nitrogens with one attached hydrogen (secondary N) is 2. The van der Waals surface area contributed by atoms with Gasteiger partial charge in [-0.2, -0.15) is 0 Å². The molecular formula is C22H37FIN5. The van der Waals surface area contributed by atoms with Crippen molar-refractivity contribution in [3.63, 3.8) is 0 Å². The summed E-state index contributed by atoms with van der Waals surface area (Å²) in [4.78, 5) is 9.75. The maximum absolute atomic E-state index is 13.1. The van der Waals surface area contributed by atoms with Crippen molar-refractivity contribution in [1.29, 1.82) is 0 Å². The van der Waals surface area contributed by atoms with E-state index in [0.29, 0.717) is 12.0 Å². The molecule has 2 N–H and O–H groups in total. The molecule has 2 fully saturated rings. The van der Waals surface area contributed by atoms with Gasteiger partial charge < -0.3 is 15.5 Å². The van der Waals surface area contributed by atoms with Gasteiger partial charge in [-0.25, -0.2) is 4.39 Å². The average molecular weight is 517 g/mol. The van der Waals surface area contributed by atoms with Crippen LogP contribution in [0.25, 0.3) is 0 Å². The summed E-state index contributed by atoms with van der Waals surface area (Å²) in [7, 11) is 2.21. The largest absolute Gasteiger partial charge is 0.357 e. The van der Waals surface area contributed by atoms with Crippen LogP contribution >= 0.6 is 24.0 Å². The molecule has 5 nitrogen and oxygen atoms in total. The van der Waals surface area contributed by atoms with Crippen LogP contribution in [0.1, 0.15) is 38.2 Å². The van der Waals surface area contributed by atoms with Gasteiger partial charge in [0.1, 0.15) is 5.82 Å². The molecule has 0 saturated carbocycles. The molecule has 2 aliphatic rings. The third kappa shape index (κ3) is 8.38. The van der Waals surface area contributed by atoms with E-state index in [0.717, 1.165) is 58.1 Å². The highest BCUT2D eigenvalue weighted by atomic mass is 127. The number of nitrogens with zero attached hydrogens (tertiary/aromatic N) is 3. The molecule has 1 aromatic rings. The van der Waals surface area contributed by atoms with Gasteiger partial charge in [0, 0.05) is 45.3 Å². The molecule has 0 bridgehead atoms. The third-order valence-electron chi connectivity index (χ3n) is 5.82. The number of hydrogen-bond acceptors (Lipinski definition) is 3. The highest BCUT2D eigenvalue weighted by Crippen LogP contribution is 2.16. The second kappa shape index (κ2) is 12.7. The maximum atomic E-state index is 13.1. The topological polar surface area (TPSA) is 42.9 Å². The van der Waals surface area contributed by atoms with Crippen molar-refractivity contribution < 1.29 is 4.39 Å². The first-order valence-corrected chi connectivity index (χ1v) is 10.8. The fourth-order valence-corrected chi connectivity index (χ4v) is 4.24. The van der Waals surface area contributed by atoms with Gasteiger partial charge >= 0.3 is 0 Å². The smallest absolute Gasteiger partial charge is 0.191 e. The molecular weight excluding hydrogens is 480 g/mol. The van der Waals surface area contributed by atoms with E-state index in [1.165, 1.54) is 24.9 Å². The summed E-state index contributed by atoms with van der Waals surface area (Å²) >= 11 is 0. The lowest BCUT2D eigenvalue weighted by Gasteiger charge is -2.33. The van der Waals surface area contributed by atoms with Gasteiger partial charge in [-0.15, -0.1) is 24.0 Å². The average Bonchev–Trinajstić information content (AvgIpc) is 2.70. The Kier molecular flexibility index (Phi) is 10.7. The van der Waals surface area contributed by atoms with Gasteiger partial charge in [0.15, 0.2) is 5.96 Å². The molecule has 2 heterocycles. The molecule has 29 heavy (non-hydrogen) atoms. The van der Waals surface area contributed by atoms with E-state index in [4.69, 9.17) is 4.99 Å². The second-order valence-electron chi connectivity index (χ2n) is 8.31. The standard InChI is InChI=1S/C22H36FN5.HI/c1-3-24-22(25-15-19-5-4-12-27(2)16-19)26-21-10-13-28(14-11-21)17-18-6-8-20(23)9-7-18;/h6-9,19,21H,3-5,10-17H2,1-2H3,(H2,24,25,26);1H. The Morgan fingerprint density at radius 3 is 2.52 bits per heavy atom. The Labute approximate surface area is 192 Å². The first-order valence-electron chi connectivity index (χ1n) is 10.8. The van der Waals surface area contributed by atoms with Crippen molar-refractivity contribution in [2.75, 3.05) is 46.3 Å². The zero-order chi connectivity index (χ0) is 19.8. The van der Waals surface area contributed by atoms with Crippen molar-refractivity contribution in [1.82, 2.24) is 20.4 Å². The normalized spacial score (nSPS) is 22.2. The van der Waals surface area contributed by atoms with Gasteiger partial charge in [-0.05, 0) is 69.8 Å². The molecule has 1 atom stereocenters. The van der Waals surface area contributed by atoms with Crippen LogP contribution in [-0.2, 0) is 6.54 Å². The molecule has 2 aliphatic heterocycles. The molecule has 3 rings (SSSR count). The number of aliphatic imine (C=N–C) groups is 1. The van der Waals surface area contributed by atoms with E-state index in [2.05, 4.69) is 34.4 Å². The minimum Gasteiger partial charge on any atom is -0.357 e. The lowest BCUT2D eigenvalue weighted by atomic mass is 9.99. The van der Waals surface area contributed by atoms with Crippen molar-refractivity contribution in [3.8, 4) is 0 Å². The van der Waals surface area contributed by atoms with Crippen molar-refractivity contribution in [2.24, 2.45) is 10.9 Å². The Morgan fingerprint density at radius 1 is 1.14 bits per heavy atom. The SMILES string of the molecule is CCNC(=NCC1CCCN(C)C1)NC1CCN(Cc2ccc(F)cc2)CC1.I. The first kappa shape index (κ1) is 24.3.